The number of para-hydroxylation sites is 1. The van der Waals surface area contributed by atoms with Crippen LogP contribution in [0, 0.1) is 0 Å². The molecule has 4 nitrogen and oxygen atoms in total. The topological polar surface area (TPSA) is 47.6 Å². The zero-order valence-corrected chi connectivity index (χ0v) is 16.6. The SMILES string of the molecule is CC(C)OP(=O)(OC(C)C)[C@@H](Nc1ccccc1)c1ccc(Cl)cc1. The largest absolute Gasteiger partial charge is 0.368 e. The monoisotopic (exact) mass is 381 g/mol. The molecule has 6 heteroatoms. The average Bonchev–Trinajstić information content (AvgIpc) is 2.53. The van der Waals surface area contributed by atoms with Crippen LogP contribution in [0.5, 0.6) is 0 Å². The summed E-state index contributed by atoms with van der Waals surface area (Å²) < 4.78 is 25.3. The second-order valence-corrected chi connectivity index (χ2v) is 8.77. The minimum absolute atomic E-state index is 0.239. The quantitative estimate of drug-likeness (QED) is 0.530. The van der Waals surface area contributed by atoms with Gasteiger partial charge in [-0.15, -0.1) is 0 Å². The second kappa shape index (κ2) is 8.86. The molecule has 0 saturated carbocycles. The van der Waals surface area contributed by atoms with E-state index >= 15 is 0 Å². The highest BCUT2D eigenvalue weighted by Crippen LogP contribution is 2.62. The van der Waals surface area contributed by atoms with Gasteiger partial charge in [-0.1, -0.05) is 41.9 Å². The summed E-state index contributed by atoms with van der Waals surface area (Å²) in [6.45, 7) is 7.38. The van der Waals surface area contributed by atoms with E-state index in [1.807, 2.05) is 70.2 Å². The zero-order valence-electron chi connectivity index (χ0n) is 15.0. The molecule has 0 amide bonds. The zero-order chi connectivity index (χ0) is 18.4. The molecule has 2 aromatic rings. The van der Waals surface area contributed by atoms with E-state index in [-0.39, 0.29) is 12.2 Å². The van der Waals surface area contributed by atoms with Gasteiger partial charge in [-0.2, -0.15) is 0 Å². The van der Waals surface area contributed by atoms with Gasteiger partial charge in [0, 0.05) is 10.7 Å². The lowest BCUT2D eigenvalue weighted by atomic mass is 10.2. The Bertz CT molecular complexity index is 690. The van der Waals surface area contributed by atoms with E-state index in [1.54, 1.807) is 12.1 Å². The third-order valence-electron chi connectivity index (χ3n) is 3.29. The van der Waals surface area contributed by atoms with Gasteiger partial charge in [-0.3, -0.25) is 4.57 Å². The Morgan fingerprint density at radius 3 is 1.88 bits per heavy atom. The number of rotatable bonds is 8. The van der Waals surface area contributed by atoms with Crippen LogP contribution in [0.25, 0.3) is 0 Å². The fraction of sp³-hybridized carbons (Fsp3) is 0.368. The standard InChI is InChI=1S/C19H25ClNO3P/c1-14(2)23-25(22,24-15(3)4)19(16-10-12-17(20)13-11-16)21-18-8-6-5-7-9-18/h5-15,19,21H,1-4H3/t19-/m1/s1. The third-order valence-corrected chi connectivity index (χ3v) is 6.04. The van der Waals surface area contributed by atoms with E-state index in [9.17, 15) is 4.57 Å². The Morgan fingerprint density at radius 2 is 1.40 bits per heavy atom. The van der Waals surface area contributed by atoms with Gasteiger partial charge in [-0.05, 0) is 57.5 Å². The van der Waals surface area contributed by atoms with Crippen LogP contribution in [0.2, 0.25) is 5.02 Å². The first-order valence-corrected chi connectivity index (χ1v) is 10.3. The maximum atomic E-state index is 13.7. The van der Waals surface area contributed by atoms with Gasteiger partial charge in [0.25, 0.3) is 0 Å². The lowest BCUT2D eigenvalue weighted by Gasteiger charge is -2.31. The van der Waals surface area contributed by atoms with Crippen molar-refractivity contribution in [3.8, 4) is 0 Å². The van der Waals surface area contributed by atoms with Crippen LogP contribution < -0.4 is 5.32 Å². The molecule has 1 N–H and O–H groups in total. The second-order valence-electron chi connectivity index (χ2n) is 6.31. The summed E-state index contributed by atoms with van der Waals surface area (Å²) in [6.07, 6.45) is -0.478. The fourth-order valence-corrected chi connectivity index (χ4v) is 4.86. The highest BCUT2D eigenvalue weighted by molar-refractivity contribution is 7.54. The summed E-state index contributed by atoms with van der Waals surface area (Å²) in [5.74, 6) is -0.642. The highest BCUT2D eigenvalue weighted by Gasteiger charge is 2.39. The van der Waals surface area contributed by atoms with Crippen LogP contribution in [-0.2, 0) is 13.6 Å². The molecule has 0 spiro atoms. The molecule has 1 atom stereocenters. The predicted molar refractivity (Wildman–Crippen MR) is 104 cm³/mol. The minimum Gasteiger partial charge on any atom is -0.368 e. The number of hydrogen-bond donors (Lipinski definition) is 1. The molecule has 0 unspecified atom stereocenters. The summed E-state index contributed by atoms with van der Waals surface area (Å²) in [5.41, 5.74) is 1.63. The lowest BCUT2D eigenvalue weighted by Crippen LogP contribution is -2.19. The lowest BCUT2D eigenvalue weighted by molar-refractivity contribution is 0.138. The summed E-state index contributed by atoms with van der Waals surface area (Å²) >= 11 is 6.01. The molecule has 136 valence electrons. The van der Waals surface area contributed by atoms with Crippen LogP contribution >= 0.6 is 19.2 Å². The summed E-state index contributed by atoms with van der Waals surface area (Å²) in [6, 6.07) is 16.8. The molecule has 0 aliphatic rings. The number of halogens is 1. The van der Waals surface area contributed by atoms with Crippen molar-refractivity contribution in [2.45, 2.75) is 45.7 Å². The number of anilines is 1. The van der Waals surface area contributed by atoms with Crippen molar-refractivity contribution in [2.75, 3.05) is 5.32 Å². The van der Waals surface area contributed by atoms with E-state index in [1.165, 1.54) is 0 Å². The Balaban J connectivity index is 2.46. The van der Waals surface area contributed by atoms with Gasteiger partial charge >= 0.3 is 7.60 Å². The van der Waals surface area contributed by atoms with Crippen LogP contribution in [0.1, 0.15) is 39.0 Å². The molecular weight excluding hydrogens is 357 g/mol. The van der Waals surface area contributed by atoms with Crippen molar-refractivity contribution >= 4 is 24.9 Å². The molecule has 0 aromatic heterocycles. The van der Waals surface area contributed by atoms with E-state index in [0.717, 1.165) is 11.3 Å². The molecule has 0 aliphatic heterocycles. The van der Waals surface area contributed by atoms with Crippen molar-refractivity contribution in [3.05, 3.63) is 65.2 Å². The Kier molecular flexibility index (Phi) is 7.09. The van der Waals surface area contributed by atoms with E-state index in [0.29, 0.717) is 5.02 Å². The van der Waals surface area contributed by atoms with Crippen LogP contribution in [0.4, 0.5) is 5.69 Å². The fourth-order valence-electron chi connectivity index (χ4n) is 2.42. The Morgan fingerprint density at radius 1 is 0.880 bits per heavy atom. The van der Waals surface area contributed by atoms with Gasteiger partial charge < -0.3 is 14.4 Å². The maximum absolute atomic E-state index is 13.7. The predicted octanol–water partition coefficient (Wildman–Crippen LogP) is 6.49. The molecule has 25 heavy (non-hydrogen) atoms. The maximum Gasteiger partial charge on any atom is 0.357 e. The Labute approximate surface area is 155 Å². The smallest absolute Gasteiger partial charge is 0.357 e. The van der Waals surface area contributed by atoms with Crippen molar-refractivity contribution in [3.63, 3.8) is 0 Å². The minimum atomic E-state index is -3.50. The molecule has 0 fully saturated rings. The van der Waals surface area contributed by atoms with Crippen molar-refractivity contribution in [1.29, 1.82) is 0 Å². The third kappa shape index (κ3) is 5.86. The van der Waals surface area contributed by atoms with Gasteiger partial charge in [-0.25, -0.2) is 0 Å². The van der Waals surface area contributed by atoms with Crippen molar-refractivity contribution in [1.82, 2.24) is 0 Å². The number of hydrogen-bond acceptors (Lipinski definition) is 4. The van der Waals surface area contributed by atoms with Crippen LogP contribution in [0.15, 0.2) is 54.6 Å². The molecule has 0 bridgehead atoms. The first-order valence-electron chi connectivity index (χ1n) is 8.34. The molecule has 0 radical (unpaired) electrons. The summed E-state index contributed by atoms with van der Waals surface area (Å²) in [7, 11) is -3.50. The average molecular weight is 382 g/mol. The molecule has 2 aromatic carbocycles. The normalized spacial score (nSPS) is 13.2. The van der Waals surface area contributed by atoms with Gasteiger partial charge in [0.05, 0.1) is 12.2 Å². The first kappa shape index (κ1) is 20.0. The van der Waals surface area contributed by atoms with Crippen LogP contribution in [0.3, 0.4) is 0 Å². The molecule has 0 aliphatic carbocycles. The van der Waals surface area contributed by atoms with E-state index in [4.69, 9.17) is 20.6 Å². The van der Waals surface area contributed by atoms with Gasteiger partial charge in [0.1, 0.15) is 0 Å². The number of nitrogens with one attached hydrogen (secondary N) is 1. The highest BCUT2D eigenvalue weighted by atomic mass is 35.5. The summed E-state index contributed by atoms with van der Waals surface area (Å²) in [4.78, 5) is 0. The van der Waals surface area contributed by atoms with E-state index < -0.39 is 13.4 Å². The Hall–Kier alpha value is -1.32. The van der Waals surface area contributed by atoms with Crippen molar-refractivity contribution in [2.24, 2.45) is 0 Å². The van der Waals surface area contributed by atoms with Crippen LogP contribution in [-0.4, -0.2) is 12.2 Å². The molecule has 0 heterocycles. The van der Waals surface area contributed by atoms with Crippen molar-refractivity contribution < 1.29 is 13.6 Å². The van der Waals surface area contributed by atoms with E-state index in [2.05, 4.69) is 5.32 Å². The summed E-state index contributed by atoms with van der Waals surface area (Å²) in [5, 5.41) is 3.93. The molecule has 2 rings (SSSR count). The first-order chi connectivity index (χ1) is 11.8. The van der Waals surface area contributed by atoms with Gasteiger partial charge in [0.2, 0.25) is 0 Å². The number of benzene rings is 2. The molecular formula is C19H25ClNO3P. The van der Waals surface area contributed by atoms with Gasteiger partial charge in [0.15, 0.2) is 5.78 Å². The molecule has 0 saturated heterocycles.